The normalized spacial score (nSPS) is 10.1. The predicted molar refractivity (Wildman–Crippen MR) is 83.4 cm³/mol. The van der Waals surface area contributed by atoms with Gasteiger partial charge in [0.1, 0.15) is 5.75 Å². The molecule has 0 N–H and O–H groups in total. The molecule has 0 atom stereocenters. The SMILES string of the molecule is CCCOC(=O)c1cccc(C(=O)Oc2cccc(Cl)c2)c1. The van der Waals surface area contributed by atoms with Gasteiger partial charge >= 0.3 is 11.9 Å². The third-order valence-corrected chi connectivity index (χ3v) is 3.01. The lowest BCUT2D eigenvalue weighted by Gasteiger charge is -2.07. The topological polar surface area (TPSA) is 52.6 Å². The molecule has 4 nitrogen and oxygen atoms in total. The minimum absolute atomic E-state index is 0.269. The molecule has 0 aliphatic heterocycles. The van der Waals surface area contributed by atoms with E-state index in [1.54, 1.807) is 42.5 Å². The van der Waals surface area contributed by atoms with Gasteiger partial charge in [-0.3, -0.25) is 0 Å². The molecule has 0 spiro atoms. The molecule has 0 aliphatic rings. The number of benzene rings is 2. The Morgan fingerprint density at radius 3 is 2.36 bits per heavy atom. The highest BCUT2D eigenvalue weighted by Crippen LogP contribution is 2.18. The zero-order valence-electron chi connectivity index (χ0n) is 12.0. The molecular formula is C17H15ClO4. The molecule has 0 amide bonds. The van der Waals surface area contributed by atoms with Crippen molar-refractivity contribution in [2.75, 3.05) is 6.61 Å². The largest absolute Gasteiger partial charge is 0.462 e. The van der Waals surface area contributed by atoms with E-state index < -0.39 is 11.9 Å². The maximum Gasteiger partial charge on any atom is 0.343 e. The number of carbonyl (C=O) groups is 2. The third-order valence-electron chi connectivity index (χ3n) is 2.78. The van der Waals surface area contributed by atoms with Crippen molar-refractivity contribution in [1.29, 1.82) is 0 Å². The van der Waals surface area contributed by atoms with Crippen molar-refractivity contribution >= 4 is 23.5 Å². The van der Waals surface area contributed by atoms with E-state index in [2.05, 4.69) is 0 Å². The van der Waals surface area contributed by atoms with Gasteiger partial charge in [-0.05, 0) is 42.8 Å². The van der Waals surface area contributed by atoms with E-state index in [9.17, 15) is 9.59 Å². The van der Waals surface area contributed by atoms with Gasteiger partial charge in [0, 0.05) is 5.02 Å². The number of carbonyl (C=O) groups excluding carboxylic acids is 2. The van der Waals surface area contributed by atoms with Gasteiger partial charge in [0.15, 0.2) is 0 Å². The van der Waals surface area contributed by atoms with Crippen molar-refractivity contribution in [2.45, 2.75) is 13.3 Å². The summed E-state index contributed by atoms with van der Waals surface area (Å²) in [7, 11) is 0. The van der Waals surface area contributed by atoms with Crippen LogP contribution in [-0.4, -0.2) is 18.5 Å². The van der Waals surface area contributed by atoms with E-state index in [-0.39, 0.29) is 5.56 Å². The minimum Gasteiger partial charge on any atom is -0.462 e. The van der Waals surface area contributed by atoms with Crippen LogP contribution < -0.4 is 4.74 Å². The molecule has 0 heterocycles. The molecule has 0 aromatic heterocycles. The fourth-order valence-corrected chi connectivity index (χ4v) is 1.93. The standard InChI is InChI=1S/C17H15ClO4/c1-2-9-21-16(19)12-5-3-6-13(10-12)17(20)22-15-8-4-7-14(18)11-15/h3-8,10-11H,2,9H2,1H3. The second-order valence-electron chi connectivity index (χ2n) is 4.56. The fraction of sp³-hybridized carbons (Fsp3) is 0.176. The summed E-state index contributed by atoms with van der Waals surface area (Å²) < 4.78 is 10.3. The van der Waals surface area contributed by atoms with Crippen LogP contribution >= 0.6 is 11.6 Å². The molecule has 114 valence electrons. The zero-order valence-corrected chi connectivity index (χ0v) is 12.8. The molecule has 2 aromatic rings. The van der Waals surface area contributed by atoms with Gasteiger partial charge < -0.3 is 9.47 Å². The van der Waals surface area contributed by atoms with Crippen molar-refractivity contribution < 1.29 is 19.1 Å². The number of ether oxygens (including phenoxy) is 2. The second-order valence-corrected chi connectivity index (χ2v) is 5.00. The van der Waals surface area contributed by atoms with E-state index in [1.165, 1.54) is 6.07 Å². The number of hydrogen-bond donors (Lipinski definition) is 0. The van der Waals surface area contributed by atoms with E-state index in [4.69, 9.17) is 21.1 Å². The van der Waals surface area contributed by atoms with Crippen molar-refractivity contribution in [3.63, 3.8) is 0 Å². The number of halogens is 1. The van der Waals surface area contributed by atoms with Crippen LogP contribution in [0.4, 0.5) is 0 Å². The quantitative estimate of drug-likeness (QED) is 0.614. The highest BCUT2D eigenvalue weighted by molar-refractivity contribution is 6.30. The maximum atomic E-state index is 12.1. The summed E-state index contributed by atoms with van der Waals surface area (Å²) in [6, 6.07) is 12.8. The van der Waals surface area contributed by atoms with Crippen LogP contribution in [0.25, 0.3) is 0 Å². The minimum atomic E-state index is -0.563. The lowest BCUT2D eigenvalue weighted by molar-refractivity contribution is 0.0505. The second kappa shape index (κ2) is 7.61. The van der Waals surface area contributed by atoms with Crippen molar-refractivity contribution in [3.8, 4) is 5.75 Å². The molecule has 0 unspecified atom stereocenters. The molecule has 5 heteroatoms. The fourth-order valence-electron chi connectivity index (χ4n) is 1.75. The summed E-state index contributed by atoms with van der Waals surface area (Å²) in [6.07, 6.45) is 0.738. The molecule has 0 bridgehead atoms. The molecule has 22 heavy (non-hydrogen) atoms. The molecule has 0 aliphatic carbocycles. The van der Waals surface area contributed by atoms with Gasteiger partial charge in [-0.25, -0.2) is 9.59 Å². The molecule has 0 fully saturated rings. The highest BCUT2D eigenvalue weighted by atomic mass is 35.5. The number of hydrogen-bond acceptors (Lipinski definition) is 4. The van der Waals surface area contributed by atoms with Crippen LogP contribution in [0, 0.1) is 0 Å². The van der Waals surface area contributed by atoms with Crippen molar-refractivity contribution in [3.05, 3.63) is 64.7 Å². The molecule has 0 saturated heterocycles. The van der Waals surface area contributed by atoms with Crippen LogP contribution in [0.3, 0.4) is 0 Å². The van der Waals surface area contributed by atoms with Gasteiger partial charge in [-0.2, -0.15) is 0 Å². The Morgan fingerprint density at radius 1 is 1.00 bits per heavy atom. The first kappa shape index (κ1) is 16.0. The zero-order chi connectivity index (χ0) is 15.9. The molecule has 2 rings (SSSR count). The van der Waals surface area contributed by atoms with E-state index >= 15 is 0 Å². The average Bonchev–Trinajstić information content (AvgIpc) is 2.52. The van der Waals surface area contributed by atoms with Gasteiger partial charge in [-0.1, -0.05) is 30.7 Å². The summed E-state index contributed by atoms with van der Waals surface area (Å²) in [4.78, 5) is 23.9. The Kier molecular flexibility index (Phi) is 5.55. The summed E-state index contributed by atoms with van der Waals surface area (Å²) in [5.74, 6) is -0.678. The third kappa shape index (κ3) is 4.33. The summed E-state index contributed by atoms with van der Waals surface area (Å²) in [5, 5.41) is 0.474. The smallest absolute Gasteiger partial charge is 0.343 e. The van der Waals surface area contributed by atoms with Crippen molar-refractivity contribution in [1.82, 2.24) is 0 Å². The molecule has 0 saturated carbocycles. The Labute approximate surface area is 133 Å². The first-order chi connectivity index (χ1) is 10.6. The van der Waals surface area contributed by atoms with Gasteiger partial charge in [0.05, 0.1) is 17.7 Å². The summed E-state index contributed by atoms with van der Waals surface area (Å²) >= 11 is 5.84. The van der Waals surface area contributed by atoms with Crippen LogP contribution in [0.2, 0.25) is 5.02 Å². The predicted octanol–water partition coefficient (Wildman–Crippen LogP) is 4.13. The van der Waals surface area contributed by atoms with Crippen LogP contribution in [0.5, 0.6) is 5.75 Å². The number of rotatable bonds is 5. The van der Waals surface area contributed by atoms with Crippen LogP contribution in [0.15, 0.2) is 48.5 Å². The van der Waals surface area contributed by atoms with E-state index in [1.807, 2.05) is 6.92 Å². The van der Waals surface area contributed by atoms with Gasteiger partial charge in [0.2, 0.25) is 0 Å². The Balaban J connectivity index is 2.11. The first-order valence-electron chi connectivity index (χ1n) is 6.85. The lowest BCUT2D eigenvalue weighted by Crippen LogP contribution is -2.11. The van der Waals surface area contributed by atoms with E-state index in [0.717, 1.165) is 6.42 Å². The first-order valence-corrected chi connectivity index (χ1v) is 7.23. The lowest BCUT2D eigenvalue weighted by atomic mass is 10.1. The molecule has 0 radical (unpaired) electrons. The average molecular weight is 319 g/mol. The molecule has 2 aromatic carbocycles. The summed E-state index contributed by atoms with van der Waals surface area (Å²) in [6.45, 7) is 2.25. The number of esters is 2. The highest BCUT2D eigenvalue weighted by Gasteiger charge is 2.13. The molecular weight excluding hydrogens is 304 g/mol. The van der Waals surface area contributed by atoms with Crippen LogP contribution in [0.1, 0.15) is 34.1 Å². The van der Waals surface area contributed by atoms with Gasteiger partial charge in [-0.15, -0.1) is 0 Å². The Bertz CT molecular complexity index is 682. The maximum absolute atomic E-state index is 12.1. The Morgan fingerprint density at radius 2 is 1.68 bits per heavy atom. The van der Waals surface area contributed by atoms with Crippen molar-refractivity contribution in [2.24, 2.45) is 0 Å². The van der Waals surface area contributed by atoms with Gasteiger partial charge in [0.25, 0.3) is 0 Å². The summed E-state index contributed by atoms with van der Waals surface area (Å²) in [5.41, 5.74) is 0.583. The monoisotopic (exact) mass is 318 g/mol. The van der Waals surface area contributed by atoms with Crippen LogP contribution in [-0.2, 0) is 4.74 Å². The Hall–Kier alpha value is -2.33. The van der Waals surface area contributed by atoms with E-state index in [0.29, 0.717) is 22.9 Å².